The second-order valence-corrected chi connectivity index (χ2v) is 5.91. The van der Waals surface area contributed by atoms with Crippen LogP contribution in [0.3, 0.4) is 0 Å². The van der Waals surface area contributed by atoms with Gasteiger partial charge in [-0.15, -0.1) is 0 Å². The predicted octanol–water partition coefficient (Wildman–Crippen LogP) is 2.21. The Hall–Kier alpha value is -0.550. The van der Waals surface area contributed by atoms with Gasteiger partial charge in [0.2, 0.25) is 0 Å². The van der Waals surface area contributed by atoms with Crippen LogP contribution in [0.1, 0.15) is 6.92 Å². The van der Waals surface area contributed by atoms with Gasteiger partial charge in [0.05, 0.1) is 11.4 Å². The molecule has 0 aliphatic heterocycles. The van der Waals surface area contributed by atoms with Crippen LogP contribution < -0.4 is 11.1 Å². The number of hydrogen-bond donors (Lipinski definition) is 2. The lowest BCUT2D eigenvalue weighted by molar-refractivity contribution is 0.683. The molecule has 1 rings (SSSR count). The van der Waals surface area contributed by atoms with Crippen molar-refractivity contribution in [3.63, 3.8) is 0 Å². The van der Waals surface area contributed by atoms with Crippen molar-refractivity contribution in [2.75, 3.05) is 23.1 Å². The van der Waals surface area contributed by atoms with Gasteiger partial charge in [-0.25, -0.2) is 0 Å². The number of benzene rings is 1. The van der Waals surface area contributed by atoms with E-state index in [2.05, 4.69) is 21.2 Å². The van der Waals surface area contributed by atoms with Gasteiger partial charge in [0.1, 0.15) is 0 Å². The van der Waals surface area contributed by atoms with Crippen molar-refractivity contribution in [2.45, 2.75) is 13.0 Å². The van der Waals surface area contributed by atoms with Gasteiger partial charge in [-0.3, -0.25) is 4.21 Å². The van der Waals surface area contributed by atoms with Gasteiger partial charge in [0, 0.05) is 33.3 Å². The summed E-state index contributed by atoms with van der Waals surface area (Å²) in [6, 6.07) is 5.83. The Balaban J connectivity index is 2.68. The second kappa shape index (κ2) is 5.51. The summed E-state index contributed by atoms with van der Waals surface area (Å²) in [4.78, 5) is 0. The topological polar surface area (TPSA) is 55.1 Å². The molecule has 0 fully saturated rings. The number of nitrogens with two attached hydrogens (primary N) is 1. The molecule has 3 nitrogen and oxygen atoms in total. The minimum absolute atomic E-state index is 0.152. The minimum Gasteiger partial charge on any atom is -0.397 e. The summed E-state index contributed by atoms with van der Waals surface area (Å²) in [5.41, 5.74) is 7.41. The SMILES string of the molecule is CC(CS(C)=O)Nc1ccc(Br)cc1N. The monoisotopic (exact) mass is 290 g/mol. The van der Waals surface area contributed by atoms with Crippen molar-refractivity contribution in [3.05, 3.63) is 22.7 Å². The quantitative estimate of drug-likeness (QED) is 0.836. The van der Waals surface area contributed by atoms with Crippen molar-refractivity contribution >= 4 is 38.1 Å². The van der Waals surface area contributed by atoms with E-state index in [1.165, 1.54) is 0 Å². The number of halogens is 1. The van der Waals surface area contributed by atoms with E-state index in [1.54, 1.807) is 6.26 Å². The molecule has 0 aromatic heterocycles. The molecule has 0 radical (unpaired) electrons. The van der Waals surface area contributed by atoms with Crippen LogP contribution in [0.25, 0.3) is 0 Å². The van der Waals surface area contributed by atoms with E-state index >= 15 is 0 Å². The first-order valence-electron chi connectivity index (χ1n) is 4.60. The first-order valence-corrected chi connectivity index (χ1v) is 7.12. The zero-order valence-corrected chi connectivity index (χ0v) is 11.2. The Bertz CT molecular complexity index is 370. The van der Waals surface area contributed by atoms with Gasteiger partial charge in [-0.05, 0) is 25.1 Å². The van der Waals surface area contributed by atoms with E-state index in [1.807, 2.05) is 25.1 Å². The normalized spacial score (nSPS) is 14.6. The third-order valence-electron chi connectivity index (χ3n) is 1.90. The lowest BCUT2D eigenvalue weighted by Crippen LogP contribution is -2.22. The van der Waals surface area contributed by atoms with Crippen molar-refractivity contribution in [1.29, 1.82) is 0 Å². The molecular weight excluding hydrogens is 276 g/mol. The summed E-state index contributed by atoms with van der Waals surface area (Å²) in [7, 11) is -0.793. The molecule has 0 aliphatic rings. The maximum atomic E-state index is 11.0. The number of nitrogens with one attached hydrogen (secondary N) is 1. The first-order chi connectivity index (χ1) is 6.99. The van der Waals surface area contributed by atoms with E-state index in [4.69, 9.17) is 5.73 Å². The van der Waals surface area contributed by atoms with E-state index in [0.29, 0.717) is 11.4 Å². The van der Waals surface area contributed by atoms with Crippen LogP contribution in [0, 0.1) is 0 Å². The molecule has 0 spiro atoms. The molecule has 1 aromatic rings. The van der Waals surface area contributed by atoms with Gasteiger partial charge in [0.15, 0.2) is 0 Å². The van der Waals surface area contributed by atoms with Gasteiger partial charge in [-0.1, -0.05) is 15.9 Å². The fourth-order valence-corrected chi connectivity index (χ4v) is 2.49. The Morgan fingerprint density at radius 2 is 2.27 bits per heavy atom. The summed E-state index contributed by atoms with van der Waals surface area (Å²) < 4.78 is 12.0. The summed E-state index contributed by atoms with van der Waals surface area (Å²) in [6.45, 7) is 1.99. The van der Waals surface area contributed by atoms with Crippen LogP contribution in [0.4, 0.5) is 11.4 Å². The molecular formula is C10H15BrN2OS. The van der Waals surface area contributed by atoms with E-state index in [9.17, 15) is 4.21 Å². The molecule has 2 unspecified atom stereocenters. The molecule has 0 saturated heterocycles. The van der Waals surface area contributed by atoms with Gasteiger partial charge >= 0.3 is 0 Å². The van der Waals surface area contributed by atoms with E-state index in [0.717, 1.165) is 10.2 Å². The zero-order valence-electron chi connectivity index (χ0n) is 8.79. The van der Waals surface area contributed by atoms with Gasteiger partial charge in [0.25, 0.3) is 0 Å². The third kappa shape index (κ3) is 4.22. The largest absolute Gasteiger partial charge is 0.397 e. The molecule has 0 amide bonds. The maximum absolute atomic E-state index is 11.0. The van der Waals surface area contributed by atoms with Crippen molar-refractivity contribution in [2.24, 2.45) is 0 Å². The summed E-state index contributed by atoms with van der Waals surface area (Å²) in [5, 5.41) is 3.23. The summed E-state index contributed by atoms with van der Waals surface area (Å²) in [6.07, 6.45) is 1.70. The highest BCUT2D eigenvalue weighted by molar-refractivity contribution is 9.10. The summed E-state index contributed by atoms with van der Waals surface area (Å²) >= 11 is 3.35. The molecule has 0 heterocycles. The van der Waals surface area contributed by atoms with Crippen LogP contribution in [0.2, 0.25) is 0 Å². The van der Waals surface area contributed by atoms with Gasteiger partial charge < -0.3 is 11.1 Å². The molecule has 0 saturated carbocycles. The molecule has 84 valence electrons. The molecule has 0 aliphatic carbocycles. The standard InChI is InChI=1S/C10H15BrN2OS/c1-7(6-15(2)14)13-10-4-3-8(11)5-9(10)12/h3-5,7,13H,6,12H2,1-2H3. The number of nitrogen functional groups attached to an aromatic ring is 1. The Kier molecular flexibility index (Phi) is 4.60. The lowest BCUT2D eigenvalue weighted by atomic mass is 10.2. The predicted molar refractivity (Wildman–Crippen MR) is 70.6 cm³/mol. The smallest absolute Gasteiger partial charge is 0.0577 e. The average Bonchev–Trinajstić information content (AvgIpc) is 2.08. The molecule has 1 aromatic carbocycles. The molecule has 0 bridgehead atoms. The lowest BCUT2D eigenvalue weighted by Gasteiger charge is -2.15. The highest BCUT2D eigenvalue weighted by Crippen LogP contribution is 2.23. The minimum atomic E-state index is -0.793. The van der Waals surface area contributed by atoms with Crippen LogP contribution >= 0.6 is 15.9 Å². The molecule has 2 atom stereocenters. The van der Waals surface area contributed by atoms with Gasteiger partial charge in [-0.2, -0.15) is 0 Å². The number of anilines is 2. The molecule has 3 N–H and O–H groups in total. The summed E-state index contributed by atoms with van der Waals surface area (Å²) in [5.74, 6) is 0.621. The Labute approximate surface area is 101 Å². The Morgan fingerprint density at radius 1 is 1.60 bits per heavy atom. The number of hydrogen-bond acceptors (Lipinski definition) is 3. The maximum Gasteiger partial charge on any atom is 0.0577 e. The fourth-order valence-electron chi connectivity index (χ4n) is 1.32. The third-order valence-corrected chi connectivity index (χ3v) is 3.36. The van der Waals surface area contributed by atoms with Crippen molar-refractivity contribution in [3.8, 4) is 0 Å². The molecule has 5 heteroatoms. The first kappa shape index (κ1) is 12.5. The van der Waals surface area contributed by atoms with E-state index in [-0.39, 0.29) is 6.04 Å². The molecule has 15 heavy (non-hydrogen) atoms. The van der Waals surface area contributed by atoms with E-state index < -0.39 is 10.8 Å². The second-order valence-electron chi connectivity index (χ2n) is 3.52. The van der Waals surface area contributed by atoms with Crippen LogP contribution in [0.15, 0.2) is 22.7 Å². The average molecular weight is 291 g/mol. The van der Waals surface area contributed by atoms with Crippen molar-refractivity contribution < 1.29 is 4.21 Å². The fraction of sp³-hybridized carbons (Fsp3) is 0.400. The zero-order chi connectivity index (χ0) is 11.4. The van der Waals surface area contributed by atoms with Crippen LogP contribution in [0.5, 0.6) is 0 Å². The highest BCUT2D eigenvalue weighted by atomic mass is 79.9. The Morgan fingerprint density at radius 3 is 2.80 bits per heavy atom. The highest BCUT2D eigenvalue weighted by Gasteiger charge is 2.06. The van der Waals surface area contributed by atoms with Crippen molar-refractivity contribution in [1.82, 2.24) is 0 Å². The van der Waals surface area contributed by atoms with Crippen LogP contribution in [-0.4, -0.2) is 22.3 Å². The van der Waals surface area contributed by atoms with Crippen LogP contribution in [-0.2, 0) is 10.8 Å². The number of rotatable bonds is 4.